The number of hydrogen-bond acceptors (Lipinski definition) is 2. The molecule has 0 bridgehead atoms. The predicted molar refractivity (Wildman–Crippen MR) is 84.6 cm³/mol. The van der Waals surface area contributed by atoms with Crippen LogP contribution in [0.3, 0.4) is 0 Å². The monoisotopic (exact) mass is 276 g/mol. The maximum absolute atomic E-state index is 12.0. The van der Waals surface area contributed by atoms with Gasteiger partial charge in [-0.2, -0.15) is 0 Å². The first-order valence-electron chi connectivity index (χ1n) is 6.88. The summed E-state index contributed by atoms with van der Waals surface area (Å²) in [5.41, 5.74) is 5.91. The highest BCUT2D eigenvalue weighted by atomic mass is 16.5. The van der Waals surface area contributed by atoms with Gasteiger partial charge in [0.1, 0.15) is 0 Å². The van der Waals surface area contributed by atoms with Crippen molar-refractivity contribution in [2.24, 2.45) is 0 Å². The third kappa shape index (κ3) is 2.40. The topological polar surface area (TPSA) is 26.3 Å². The minimum absolute atomic E-state index is 0.300. The van der Waals surface area contributed by atoms with Crippen molar-refractivity contribution in [3.8, 4) is 22.3 Å². The van der Waals surface area contributed by atoms with Gasteiger partial charge in [-0.1, -0.05) is 60.2 Å². The van der Waals surface area contributed by atoms with Crippen LogP contribution in [0.2, 0.25) is 0 Å². The van der Waals surface area contributed by atoms with Gasteiger partial charge in [0.25, 0.3) is 0 Å². The molecule has 0 radical (unpaired) electrons. The summed E-state index contributed by atoms with van der Waals surface area (Å²) in [6.07, 6.45) is 0. The summed E-state index contributed by atoms with van der Waals surface area (Å²) >= 11 is 0. The van der Waals surface area contributed by atoms with Crippen molar-refractivity contribution in [2.75, 3.05) is 7.11 Å². The second-order valence-corrected chi connectivity index (χ2v) is 5.07. The maximum atomic E-state index is 12.0. The van der Waals surface area contributed by atoms with Crippen molar-refractivity contribution in [2.45, 2.75) is 6.92 Å². The second kappa shape index (κ2) is 5.41. The van der Waals surface area contributed by atoms with E-state index in [1.807, 2.05) is 43.3 Å². The Morgan fingerprint density at radius 3 is 2.19 bits per heavy atom. The zero-order valence-electron chi connectivity index (χ0n) is 12.1. The highest BCUT2D eigenvalue weighted by molar-refractivity contribution is 6.04. The second-order valence-electron chi connectivity index (χ2n) is 5.07. The lowest BCUT2D eigenvalue weighted by Crippen LogP contribution is -1.99. The summed E-state index contributed by atoms with van der Waals surface area (Å²) in [6.45, 7) is 2.04. The smallest absolute Gasteiger partial charge is 0.338 e. The van der Waals surface area contributed by atoms with Gasteiger partial charge in [-0.25, -0.2) is 4.79 Å². The summed E-state index contributed by atoms with van der Waals surface area (Å²) in [5.74, 6) is -0.300. The van der Waals surface area contributed by atoms with Crippen LogP contribution < -0.4 is 0 Å². The Labute approximate surface area is 124 Å². The van der Waals surface area contributed by atoms with Crippen molar-refractivity contribution in [1.29, 1.82) is 0 Å². The maximum Gasteiger partial charge on any atom is 0.338 e. The number of methoxy groups -OCH3 is 1. The van der Waals surface area contributed by atoms with Crippen molar-refractivity contribution in [3.63, 3.8) is 0 Å². The van der Waals surface area contributed by atoms with E-state index in [9.17, 15) is 4.79 Å². The molecule has 104 valence electrons. The van der Waals surface area contributed by atoms with E-state index >= 15 is 0 Å². The lowest BCUT2D eigenvalue weighted by atomic mass is 10.0. The third-order valence-electron chi connectivity index (χ3n) is 3.68. The summed E-state index contributed by atoms with van der Waals surface area (Å²) in [4.78, 5) is 12.0. The van der Waals surface area contributed by atoms with Crippen molar-refractivity contribution in [3.05, 3.63) is 71.8 Å². The molecule has 0 saturated carbocycles. The number of carbonyl (C=O) groups excluding carboxylic acids is 1. The fourth-order valence-electron chi connectivity index (χ4n) is 2.57. The lowest BCUT2D eigenvalue weighted by Gasteiger charge is -2.01. The average Bonchev–Trinajstić information content (AvgIpc) is 2.78. The first kappa shape index (κ1) is 13.4. The molecule has 1 aromatic carbocycles. The van der Waals surface area contributed by atoms with E-state index in [0.717, 1.165) is 27.8 Å². The van der Waals surface area contributed by atoms with Gasteiger partial charge in [-0.3, -0.25) is 0 Å². The van der Waals surface area contributed by atoms with Crippen molar-refractivity contribution < 1.29 is 9.53 Å². The van der Waals surface area contributed by atoms with Gasteiger partial charge in [-0.15, -0.1) is 0 Å². The summed E-state index contributed by atoms with van der Waals surface area (Å²) in [5, 5.41) is 0. The molecule has 0 N–H and O–H groups in total. The lowest BCUT2D eigenvalue weighted by molar-refractivity contribution is 0.0602. The van der Waals surface area contributed by atoms with E-state index in [1.165, 1.54) is 7.11 Å². The van der Waals surface area contributed by atoms with Crippen LogP contribution in [0.5, 0.6) is 0 Å². The summed E-state index contributed by atoms with van der Waals surface area (Å²) in [6, 6.07) is 20.1. The molecule has 2 nitrogen and oxygen atoms in total. The van der Waals surface area contributed by atoms with Crippen LogP contribution in [0.25, 0.3) is 22.3 Å². The van der Waals surface area contributed by atoms with E-state index in [2.05, 4.69) is 24.3 Å². The molecule has 0 atom stereocenters. The Balaban J connectivity index is 2.29. The summed E-state index contributed by atoms with van der Waals surface area (Å²) < 4.78 is 4.92. The summed E-state index contributed by atoms with van der Waals surface area (Å²) in [7, 11) is 1.41. The number of aryl methyl sites for hydroxylation is 1. The van der Waals surface area contributed by atoms with E-state index in [0.29, 0.717) is 5.56 Å². The number of ether oxygens (including phenoxy) is 1. The number of esters is 1. The predicted octanol–water partition coefficient (Wildman–Crippen LogP) is 4.55. The quantitative estimate of drug-likeness (QED) is 0.642. The van der Waals surface area contributed by atoms with Crippen molar-refractivity contribution in [1.82, 2.24) is 0 Å². The molecule has 0 saturated heterocycles. The molecule has 0 spiro atoms. The number of benzene rings is 1. The van der Waals surface area contributed by atoms with Crippen LogP contribution >= 0.6 is 0 Å². The molecular weight excluding hydrogens is 260 g/mol. The molecule has 0 fully saturated rings. The van der Waals surface area contributed by atoms with Gasteiger partial charge in [-0.05, 0) is 35.2 Å². The molecule has 0 unspecified atom stereocenters. The SMILES string of the molecule is COC(=O)c1cc(-c2ccccc2)c2ccc(C)ccc1-2. The normalized spacial score (nSPS) is 10.6. The highest BCUT2D eigenvalue weighted by Crippen LogP contribution is 2.38. The molecular formula is C19H16O2. The number of carbonyl (C=O) groups is 1. The van der Waals surface area contributed by atoms with E-state index in [-0.39, 0.29) is 5.97 Å². The molecule has 3 rings (SSSR count). The van der Waals surface area contributed by atoms with E-state index < -0.39 is 0 Å². The Kier molecular flexibility index (Phi) is 3.44. The Bertz CT molecular complexity index is 760. The molecule has 2 aliphatic carbocycles. The van der Waals surface area contributed by atoms with Crippen LogP contribution in [-0.2, 0) is 4.74 Å². The number of hydrogen-bond donors (Lipinski definition) is 0. The zero-order chi connectivity index (χ0) is 14.8. The van der Waals surface area contributed by atoms with Crippen LogP contribution in [-0.4, -0.2) is 13.1 Å². The Morgan fingerprint density at radius 1 is 0.857 bits per heavy atom. The van der Waals surface area contributed by atoms with Gasteiger partial charge in [0.15, 0.2) is 0 Å². The van der Waals surface area contributed by atoms with E-state index in [4.69, 9.17) is 4.74 Å². The number of fused-ring (bicyclic) bond motifs is 1. The molecule has 0 aliphatic heterocycles. The fraction of sp³-hybridized carbons (Fsp3) is 0.105. The van der Waals surface area contributed by atoms with E-state index in [1.54, 1.807) is 0 Å². The van der Waals surface area contributed by atoms with Gasteiger partial charge < -0.3 is 4.74 Å². The number of rotatable bonds is 2. The zero-order valence-corrected chi connectivity index (χ0v) is 12.1. The molecule has 1 aromatic rings. The standard InChI is InChI=1S/C19H16O2/c1-13-8-10-15-16(11-9-13)18(19(20)21-2)12-17(15)14-6-4-3-5-7-14/h3-12H,1-2H3. The molecule has 0 heterocycles. The first-order valence-corrected chi connectivity index (χ1v) is 6.88. The Hall–Kier alpha value is -2.61. The largest absolute Gasteiger partial charge is 0.465 e. The fourth-order valence-corrected chi connectivity index (χ4v) is 2.57. The molecule has 21 heavy (non-hydrogen) atoms. The van der Waals surface area contributed by atoms with Crippen LogP contribution in [0, 0.1) is 6.92 Å². The Morgan fingerprint density at radius 2 is 1.52 bits per heavy atom. The third-order valence-corrected chi connectivity index (χ3v) is 3.68. The first-order chi connectivity index (χ1) is 10.2. The van der Waals surface area contributed by atoms with Crippen LogP contribution in [0.15, 0.2) is 60.7 Å². The van der Waals surface area contributed by atoms with Crippen molar-refractivity contribution >= 4 is 5.97 Å². The minimum Gasteiger partial charge on any atom is -0.465 e. The molecule has 0 amide bonds. The molecule has 2 heteroatoms. The highest BCUT2D eigenvalue weighted by Gasteiger charge is 2.21. The molecule has 0 aromatic heterocycles. The van der Waals surface area contributed by atoms with Gasteiger partial charge in [0, 0.05) is 0 Å². The van der Waals surface area contributed by atoms with Crippen LogP contribution in [0.4, 0.5) is 0 Å². The average molecular weight is 276 g/mol. The van der Waals surface area contributed by atoms with Gasteiger partial charge in [0.2, 0.25) is 0 Å². The van der Waals surface area contributed by atoms with Gasteiger partial charge in [0.05, 0.1) is 12.7 Å². The van der Waals surface area contributed by atoms with Crippen LogP contribution in [0.1, 0.15) is 15.9 Å². The molecule has 2 aliphatic rings. The minimum atomic E-state index is -0.300. The van der Waals surface area contributed by atoms with Gasteiger partial charge >= 0.3 is 5.97 Å².